The van der Waals surface area contributed by atoms with Gasteiger partial charge in [-0.1, -0.05) is 24.3 Å². The minimum absolute atomic E-state index is 0. The maximum atomic E-state index is 11.9. The number of thiophene rings is 1. The number of nitrogens with one attached hydrogen (secondary N) is 1. The molecule has 28 heavy (non-hydrogen) atoms. The molecule has 0 saturated carbocycles. The molecule has 154 valence electrons. The molecule has 0 spiro atoms. The molecule has 6 nitrogen and oxygen atoms in total. The number of guanidine groups is 1. The van der Waals surface area contributed by atoms with E-state index < -0.39 is 0 Å². The van der Waals surface area contributed by atoms with Crippen LogP contribution in [0.5, 0.6) is 5.75 Å². The van der Waals surface area contributed by atoms with Crippen LogP contribution < -0.4 is 10.1 Å². The van der Waals surface area contributed by atoms with Crippen LogP contribution in [-0.2, 0) is 11.2 Å². The van der Waals surface area contributed by atoms with Gasteiger partial charge in [-0.25, -0.2) is 4.99 Å². The SMILES string of the molecule is CN(C)C(=O)CN=C(NCCc1cccs1)N(C)CCOc1ccccc1.I. The van der Waals surface area contributed by atoms with Crippen molar-refractivity contribution in [2.24, 2.45) is 4.99 Å². The molecule has 0 aliphatic heterocycles. The quantitative estimate of drug-likeness (QED) is 0.317. The minimum atomic E-state index is -0.0264. The molecular weight excluding hydrogens is 487 g/mol. The zero-order valence-corrected chi connectivity index (χ0v) is 19.8. The fourth-order valence-electron chi connectivity index (χ4n) is 2.27. The molecule has 0 saturated heterocycles. The number of amides is 1. The molecule has 0 aliphatic rings. The Morgan fingerprint density at radius 3 is 2.54 bits per heavy atom. The highest BCUT2D eigenvalue weighted by molar-refractivity contribution is 14.0. The van der Waals surface area contributed by atoms with Gasteiger partial charge in [0.15, 0.2) is 5.96 Å². The molecule has 0 unspecified atom stereocenters. The van der Waals surface area contributed by atoms with E-state index in [1.54, 1.807) is 30.3 Å². The lowest BCUT2D eigenvalue weighted by atomic mass is 10.3. The van der Waals surface area contributed by atoms with Gasteiger partial charge in [0, 0.05) is 32.6 Å². The van der Waals surface area contributed by atoms with Crippen molar-refractivity contribution < 1.29 is 9.53 Å². The summed E-state index contributed by atoms with van der Waals surface area (Å²) in [6.45, 7) is 2.08. The number of carbonyl (C=O) groups is 1. The van der Waals surface area contributed by atoms with Crippen LogP contribution in [0.1, 0.15) is 4.88 Å². The predicted octanol–water partition coefficient (Wildman–Crippen LogP) is 2.95. The highest BCUT2D eigenvalue weighted by atomic mass is 127. The number of ether oxygens (including phenoxy) is 1. The predicted molar refractivity (Wildman–Crippen MR) is 127 cm³/mol. The fourth-order valence-corrected chi connectivity index (χ4v) is 2.98. The van der Waals surface area contributed by atoms with E-state index in [4.69, 9.17) is 4.74 Å². The van der Waals surface area contributed by atoms with Crippen LogP contribution in [0.25, 0.3) is 0 Å². The lowest BCUT2D eigenvalue weighted by Crippen LogP contribution is -2.42. The summed E-state index contributed by atoms with van der Waals surface area (Å²) in [6.07, 6.45) is 0.923. The molecule has 8 heteroatoms. The van der Waals surface area contributed by atoms with Gasteiger partial charge >= 0.3 is 0 Å². The first-order chi connectivity index (χ1) is 13.1. The molecule has 2 rings (SSSR count). The van der Waals surface area contributed by atoms with Crippen LogP contribution >= 0.6 is 35.3 Å². The molecule has 0 fully saturated rings. The summed E-state index contributed by atoms with van der Waals surface area (Å²) in [6, 6.07) is 13.9. The molecule has 0 radical (unpaired) electrons. The number of benzene rings is 1. The van der Waals surface area contributed by atoms with E-state index >= 15 is 0 Å². The highest BCUT2D eigenvalue weighted by Gasteiger charge is 2.09. The summed E-state index contributed by atoms with van der Waals surface area (Å²) in [5.41, 5.74) is 0. The van der Waals surface area contributed by atoms with Gasteiger partial charge in [-0.2, -0.15) is 0 Å². The first-order valence-electron chi connectivity index (χ1n) is 8.96. The van der Waals surface area contributed by atoms with Crippen molar-refractivity contribution in [3.05, 3.63) is 52.7 Å². The second kappa shape index (κ2) is 13.4. The van der Waals surface area contributed by atoms with Crippen LogP contribution in [0.2, 0.25) is 0 Å². The zero-order valence-electron chi connectivity index (χ0n) is 16.6. The Hall–Kier alpha value is -1.81. The van der Waals surface area contributed by atoms with Crippen LogP contribution in [0.4, 0.5) is 0 Å². The number of nitrogens with zero attached hydrogens (tertiary/aromatic N) is 3. The molecule has 0 atom stereocenters. The normalized spacial score (nSPS) is 10.8. The third-order valence-electron chi connectivity index (χ3n) is 3.90. The third-order valence-corrected chi connectivity index (χ3v) is 4.83. The van der Waals surface area contributed by atoms with Gasteiger partial charge in [-0.15, -0.1) is 35.3 Å². The van der Waals surface area contributed by atoms with Gasteiger partial charge in [0.1, 0.15) is 18.9 Å². The van der Waals surface area contributed by atoms with E-state index in [-0.39, 0.29) is 36.4 Å². The van der Waals surface area contributed by atoms with Gasteiger partial charge in [0.05, 0.1) is 6.54 Å². The van der Waals surface area contributed by atoms with Crippen molar-refractivity contribution >= 4 is 47.2 Å². The van der Waals surface area contributed by atoms with E-state index in [0.29, 0.717) is 19.1 Å². The standard InChI is InChI=1S/C20H28N4O2S.HI/c1-23(2)19(25)16-22-20(21-12-11-18-10-7-15-27-18)24(3)13-14-26-17-8-5-4-6-9-17;/h4-10,15H,11-14,16H2,1-3H3,(H,21,22);1H. The van der Waals surface area contributed by atoms with E-state index in [1.165, 1.54) is 4.88 Å². The number of hydrogen-bond donors (Lipinski definition) is 1. The second-order valence-corrected chi connectivity index (χ2v) is 7.30. The van der Waals surface area contributed by atoms with Crippen LogP contribution in [-0.4, -0.2) is 69.1 Å². The minimum Gasteiger partial charge on any atom is -0.492 e. The summed E-state index contributed by atoms with van der Waals surface area (Å²) in [5, 5.41) is 5.43. The summed E-state index contributed by atoms with van der Waals surface area (Å²) in [4.78, 5) is 21.2. The van der Waals surface area contributed by atoms with Gasteiger partial charge in [-0.05, 0) is 30.0 Å². The lowest BCUT2D eigenvalue weighted by molar-refractivity contribution is -0.127. The van der Waals surface area contributed by atoms with Crippen LogP contribution in [0.15, 0.2) is 52.8 Å². The number of carbonyl (C=O) groups excluding carboxylic acids is 1. The average molecular weight is 516 g/mol. The average Bonchev–Trinajstić information content (AvgIpc) is 3.18. The summed E-state index contributed by atoms with van der Waals surface area (Å²) >= 11 is 1.74. The number of para-hydroxylation sites is 1. The van der Waals surface area contributed by atoms with Crippen molar-refractivity contribution in [2.45, 2.75) is 6.42 Å². The number of aliphatic imine (C=N–C) groups is 1. The summed E-state index contributed by atoms with van der Waals surface area (Å²) in [5.74, 6) is 1.53. The molecule has 0 bridgehead atoms. The Bertz CT molecular complexity index is 708. The lowest BCUT2D eigenvalue weighted by Gasteiger charge is -2.23. The van der Waals surface area contributed by atoms with E-state index in [1.807, 2.05) is 42.3 Å². The monoisotopic (exact) mass is 516 g/mol. The Morgan fingerprint density at radius 2 is 1.89 bits per heavy atom. The Labute approximate surface area is 188 Å². The van der Waals surface area contributed by atoms with Gasteiger partial charge in [0.25, 0.3) is 0 Å². The van der Waals surface area contributed by atoms with E-state index in [2.05, 4.69) is 27.8 Å². The zero-order chi connectivity index (χ0) is 19.5. The smallest absolute Gasteiger partial charge is 0.243 e. The van der Waals surface area contributed by atoms with Crippen molar-refractivity contribution in [3.63, 3.8) is 0 Å². The first kappa shape index (κ1) is 24.2. The largest absolute Gasteiger partial charge is 0.492 e. The maximum Gasteiger partial charge on any atom is 0.243 e. The van der Waals surface area contributed by atoms with Crippen LogP contribution in [0, 0.1) is 0 Å². The van der Waals surface area contributed by atoms with Gasteiger partial charge in [0.2, 0.25) is 5.91 Å². The summed E-state index contributed by atoms with van der Waals surface area (Å²) in [7, 11) is 5.42. The Kier molecular flexibility index (Phi) is 11.6. The molecular formula is C20H29IN4O2S. The number of halogens is 1. The molecule has 1 aromatic carbocycles. The second-order valence-electron chi connectivity index (χ2n) is 6.27. The molecule has 0 aliphatic carbocycles. The van der Waals surface area contributed by atoms with Crippen LogP contribution in [0.3, 0.4) is 0 Å². The van der Waals surface area contributed by atoms with E-state index in [0.717, 1.165) is 18.7 Å². The van der Waals surface area contributed by atoms with Gasteiger partial charge < -0.3 is 19.9 Å². The van der Waals surface area contributed by atoms with Crippen molar-refractivity contribution in [1.29, 1.82) is 0 Å². The molecule has 1 amide bonds. The summed E-state index contributed by atoms with van der Waals surface area (Å²) < 4.78 is 5.76. The Morgan fingerprint density at radius 1 is 1.14 bits per heavy atom. The highest BCUT2D eigenvalue weighted by Crippen LogP contribution is 2.09. The number of hydrogen-bond acceptors (Lipinski definition) is 4. The topological polar surface area (TPSA) is 57.2 Å². The molecule has 1 N–H and O–H groups in total. The van der Waals surface area contributed by atoms with Crippen molar-refractivity contribution in [2.75, 3.05) is 47.4 Å². The molecule has 2 aromatic rings. The maximum absolute atomic E-state index is 11.9. The van der Waals surface area contributed by atoms with Gasteiger partial charge in [-0.3, -0.25) is 4.79 Å². The molecule has 1 aromatic heterocycles. The fraction of sp³-hybridized carbons (Fsp3) is 0.400. The first-order valence-corrected chi connectivity index (χ1v) is 9.84. The Balaban J connectivity index is 0.00000392. The third kappa shape index (κ3) is 8.92. The molecule has 1 heterocycles. The van der Waals surface area contributed by atoms with Crippen molar-refractivity contribution in [1.82, 2.24) is 15.1 Å². The van der Waals surface area contributed by atoms with E-state index in [9.17, 15) is 4.79 Å². The van der Waals surface area contributed by atoms with Crippen molar-refractivity contribution in [3.8, 4) is 5.75 Å². The number of likely N-dealkylation sites (N-methyl/N-ethyl adjacent to an activating group) is 2. The number of rotatable bonds is 9.